The largest absolute Gasteiger partial charge is 0.481 e. The number of rotatable bonds is 9. The Morgan fingerprint density at radius 2 is 1.78 bits per heavy atom. The van der Waals surface area contributed by atoms with Crippen molar-refractivity contribution in [3.63, 3.8) is 0 Å². The number of carboxylic acid groups (broad SMARTS) is 2. The van der Waals surface area contributed by atoms with Crippen LogP contribution in [0.5, 0.6) is 0 Å². The molecule has 124 valence electrons. The molecule has 0 aromatic heterocycles. The van der Waals surface area contributed by atoms with Gasteiger partial charge in [-0.3, -0.25) is 9.59 Å². The number of hydrogen-bond acceptors (Lipinski definition) is 4. The van der Waals surface area contributed by atoms with Crippen molar-refractivity contribution in [3.8, 4) is 0 Å². The Morgan fingerprint density at radius 1 is 1.17 bits per heavy atom. The van der Waals surface area contributed by atoms with E-state index >= 15 is 0 Å². The van der Waals surface area contributed by atoms with Gasteiger partial charge < -0.3 is 14.9 Å². The fraction of sp³-hybridized carbons (Fsp3) is 0.353. The van der Waals surface area contributed by atoms with Gasteiger partial charge in [0.1, 0.15) is 5.41 Å². The summed E-state index contributed by atoms with van der Waals surface area (Å²) >= 11 is 0. The van der Waals surface area contributed by atoms with Gasteiger partial charge in [-0.05, 0) is 25.3 Å². The number of esters is 1. The molecule has 1 aromatic rings. The van der Waals surface area contributed by atoms with E-state index in [-0.39, 0.29) is 13.0 Å². The zero-order valence-electron chi connectivity index (χ0n) is 12.9. The smallest absolute Gasteiger partial charge is 0.332 e. The first-order valence-electron chi connectivity index (χ1n) is 7.19. The molecule has 23 heavy (non-hydrogen) atoms. The fourth-order valence-electron chi connectivity index (χ4n) is 2.32. The Balaban J connectivity index is 3.10. The summed E-state index contributed by atoms with van der Waals surface area (Å²) in [6, 6.07) is 9.04. The monoisotopic (exact) mass is 320 g/mol. The van der Waals surface area contributed by atoms with Crippen molar-refractivity contribution in [2.75, 3.05) is 6.61 Å². The maximum absolute atomic E-state index is 11.8. The number of carbonyl (C=O) groups excluding carboxylic acids is 1. The molecule has 0 radical (unpaired) electrons. The molecule has 1 unspecified atom stereocenters. The van der Waals surface area contributed by atoms with Gasteiger partial charge in [0.05, 0.1) is 13.0 Å². The molecule has 0 saturated heterocycles. The standard InChI is InChI=1S/C17H20O6/c1-3-23-14(18)11-17(16(21)22,12(2)15(19)20)10-9-13-7-5-4-6-8-13/h4-8H,2-3,9-11H2,1H3,(H,19,20)(H,21,22). The second-order valence-corrected chi connectivity index (χ2v) is 5.14. The predicted molar refractivity (Wildman–Crippen MR) is 82.9 cm³/mol. The first-order valence-corrected chi connectivity index (χ1v) is 7.19. The average molecular weight is 320 g/mol. The summed E-state index contributed by atoms with van der Waals surface area (Å²) in [6.07, 6.45) is -0.316. The molecule has 1 atom stereocenters. The Bertz CT molecular complexity index is 592. The summed E-state index contributed by atoms with van der Waals surface area (Å²) in [7, 11) is 0. The summed E-state index contributed by atoms with van der Waals surface area (Å²) < 4.78 is 4.79. The second-order valence-electron chi connectivity index (χ2n) is 5.14. The van der Waals surface area contributed by atoms with Gasteiger partial charge in [0.25, 0.3) is 0 Å². The quantitative estimate of drug-likeness (QED) is 0.535. The van der Waals surface area contributed by atoms with E-state index in [1.807, 2.05) is 6.07 Å². The molecule has 2 N–H and O–H groups in total. The lowest BCUT2D eigenvalue weighted by Crippen LogP contribution is -2.39. The molecule has 0 aliphatic heterocycles. The third-order valence-corrected chi connectivity index (χ3v) is 3.68. The molecule has 0 aliphatic carbocycles. The van der Waals surface area contributed by atoms with Crippen LogP contribution in [0.3, 0.4) is 0 Å². The van der Waals surface area contributed by atoms with Crippen LogP contribution in [0.25, 0.3) is 0 Å². The molecule has 6 heteroatoms. The van der Waals surface area contributed by atoms with Crippen LogP contribution in [0.4, 0.5) is 0 Å². The van der Waals surface area contributed by atoms with Crippen LogP contribution in [0.1, 0.15) is 25.3 Å². The maximum Gasteiger partial charge on any atom is 0.332 e. The zero-order valence-corrected chi connectivity index (χ0v) is 12.9. The van der Waals surface area contributed by atoms with E-state index in [1.165, 1.54) is 0 Å². The van der Waals surface area contributed by atoms with Crippen LogP contribution in [0.15, 0.2) is 42.5 Å². The zero-order chi connectivity index (χ0) is 17.5. The van der Waals surface area contributed by atoms with Crippen molar-refractivity contribution < 1.29 is 29.3 Å². The number of aryl methyl sites for hydroxylation is 1. The first-order chi connectivity index (χ1) is 10.8. The number of hydrogen-bond donors (Lipinski definition) is 2. The van der Waals surface area contributed by atoms with Crippen LogP contribution in [0, 0.1) is 5.41 Å². The lowest BCUT2D eigenvalue weighted by atomic mass is 9.73. The van der Waals surface area contributed by atoms with E-state index in [2.05, 4.69) is 6.58 Å². The Kier molecular flexibility index (Phi) is 6.50. The van der Waals surface area contributed by atoms with Crippen molar-refractivity contribution in [1.82, 2.24) is 0 Å². The molecular weight excluding hydrogens is 300 g/mol. The highest BCUT2D eigenvalue weighted by atomic mass is 16.5. The Hall–Kier alpha value is -2.63. The van der Waals surface area contributed by atoms with Crippen LogP contribution >= 0.6 is 0 Å². The highest BCUT2D eigenvalue weighted by molar-refractivity contribution is 5.98. The van der Waals surface area contributed by atoms with Gasteiger partial charge in [-0.1, -0.05) is 36.9 Å². The average Bonchev–Trinajstić information content (AvgIpc) is 2.51. The Labute approximate surface area is 134 Å². The van der Waals surface area contributed by atoms with E-state index in [1.54, 1.807) is 31.2 Å². The predicted octanol–water partition coefficient (Wildman–Crippen LogP) is 2.28. The highest BCUT2D eigenvalue weighted by Crippen LogP contribution is 2.37. The van der Waals surface area contributed by atoms with Gasteiger partial charge >= 0.3 is 17.9 Å². The molecule has 0 amide bonds. The minimum absolute atomic E-state index is 0.0592. The molecular formula is C17H20O6. The van der Waals surface area contributed by atoms with Gasteiger partial charge in [0.15, 0.2) is 0 Å². The molecule has 1 aromatic carbocycles. The van der Waals surface area contributed by atoms with Crippen molar-refractivity contribution >= 4 is 17.9 Å². The normalized spacial score (nSPS) is 12.9. The van der Waals surface area contributed by atoms with Crippen molar-refractivity contribution in [2.24, 2.45) is 5.41 Å². The van der Waals surface area contributed by atoms with Crippen LogP contribution < -0.4 is 0 Å². The SMILES string of the molecule is C=C(C(=O)O)C(CCc1ccccc1)(CC(=O)OCC)C(=O)O. The fourth-order valence-corrected chi connectivity index (χ4v) is 2.32. The number of carboxylic acids is 2. The Morgan fingerprint density at radius 3 is 2.26 bits per heavy atom. The molecule has 0 spiro atoms. The minimum atomic E-state index is -1.89. The molecule has 0 aliphatic rings. The summed E-state index contributed by atoms with van der Waals surface area (Å²) in [4.78, 5) is 34.9. The molecule has 1 rings (SSSR count). The summed E-state index contributed by atoms with van der Waals surface area (Å²) in [6.45, 7) is 5.07. The first kappa shape index (κ1) is 18.4. The lowest BCUT2D eigenvalue weighted by molar-refractivity contribution is -0.158. The van der Waals surface area contributed by atoms with Gasteiger partial charge in [0, 0.05) is 5.57 Å². The molecule has 0 bridgehead atoms. The molecule has 6 nitrogen and oxygen atoms in total. The van der Waals surface area contributed by atoms with Gasteiger partial charge in [-0.25, -0.2) is 4.79 Å². The van der Waals surface area contributed by atoms with Crippen LogP contribution in [-0.2, 0) is 25.5 Å². The van der Waals surface area contributed by atoms with E-state index in [0.29, 0.717) is 6.42 Å². The van der Waals surface area contributed by atoms with Crippen molar-refractivity contribution in [3.05, 3.63) is 48.0 Å². The number of carbonyl (C=O) groups is 3. The van der Waals surface area contributed by atoms with E-state index in [4.69, 9.17) is 4.74 Å². The van der Waals surface area contributed by atoms with Crippen LogP contribution in [0.2, 0.25) is 0 Å². The minimum Gasteiger partial charge on any atom is -0.481 e. The second kappa shape index (κ2) is 8.12. The molecule has 0 heterocycles. The number of ether oxygens (including phenoxy) is 1. The summed E-state index contributed by atoms with van der Waals surface area (Å²) in [5.41, 5.74) is -1.57. The summed E-state index contributed by atoms with van der Waals surface area (Å²) in [5.74, 6) is -3.59. The summed E-state index contributed by atoms with van der Waals surface area (Å²) in [5, 5.41) is 18.8. The van der Waals surface area contributed by atoms with E-state index in [0.717, 1.165) is 5.56 Å². The maximum atomic E-state index is 11.8. The number of benzene rings is 1. The number of aliphatic carboxylic acids is 2. The van der Waals surface area contributed by atoms with Crippen LogP contribution in [-0.4, -0.2) is 34.7 Å². The third-order valence-electron chi connectivity index (χ3n) is 3.68. The van der Waals surface area contributed by atoms with Crippen molar-refractivity contribution in [1.29, 1.82) is 0 Å². The van der Waals surface area contributed by atoms with Gasteiger partial charge in [-0.15, -0.1) is 0 Å². The van der Waals surface area contributed by atoms with Crippen molar-refractivity contribution in [2.45, 2.75) is 26.2 Å². The molecule has 0 fully saturated rings. The topological polar surface area (TPSA) is 101 Å². The lowest BCUT2D eigenvalue weighted by Gasteiger charge is -2.28. The van der Waals surface area contributed by atoms with E-state index < -0.39 is 35.3 Å². The molecule has 0 saturated carbocycles. The van der Waals surface area contributed by atoms with E-state index in [9.17, 15) is 24.6 Å². The van der Waals surface area contributed by atoms with Gasteiger partial charge in [-0.2, -0.15) is 0 Å². The van der Waals surface area contributed by atoms with Gasteiger partial charge in [0.2, 0.25) is 0 Å². The third kappa shape index (κ3) is 4.67. The highest BCUT2D eigenvalue weighted by Gasteiger charge is 2.46.